The van der Waals surface area contributed by atoms with E-state index in [1.807, 2.05) is 36.4 Å². The molecule has 1 heterocycles. The van der Waals surface area contributed by atoms with Gasteiger partial charge in [-0.3, -0.25) is 0 Å². The Morgan fingerprint density at radius 1 is 1.17 bits per heavy atom. The van der Waals surface area contributed by atoms with E-state index in [4.69, 9.17) is 4.74 Å². The molecule has 2 atom stereocenters. The number of rotatable bonds is 5. The third kappa shape index (κ3) is 4.21. The molecule has 1 aliphatic rings. The number of fused-ring (bicyclic) bond motifs is 1. The number of nitrogens with zero attached hydrogens (tertiary/aromatic N) is 1. The van der Waals surface area contributed by atoms with E-state index in [-0.39, 0.29) is 37.2 Å². The number of ether oxygens (including phenoxy) is 1. The van der Waals surface area contributed by atoms with Crippen molar-refractivity contribution in [3.63, 3.8) is 0 Å². The van der Waals surface area contributed by atoms with E-state index in [9.17, 15) is 9.90 Å². The molecule has 24 heavy (non-hydrogen) atoms. The van der Waals surface area contributed by atoms with Gasteiger partial charge in [-0.05, 0) is 18.7 Å². The Hall–Kier alpha value is -1.73. The van der Waals surface area contributed by atoms with Crippen molar-refractivity contribution in [3.8, 4) is 5.75 Å². The molecular formula is C19H20LiNO3. The summed E-state index contributed by atoms with van der Waals surface area (Å²) >= 11 is 0. The van der Waals surface area contributed by atoms with Crippen molar-refractivity contribution < 1.29 is 33.5 Å². The predicted molar refractivity (Wildman–Crippen MR) is 86.2 cm³/mol. The molecule has 0 saturated heterocycles. The van der Waals surface area contributed by atoms with E-state index in [2.05, 4.69) is 18.2 Å². The van der Waals surface area contributed by atoms with Crippen LogP contribution in [0.4, 0.5) is 0 Å². The monoisotopic (exact) mass is 317 g/mol. The SMILES string of the molecule is CN(CC(=O)[O-])C[C@H]1COc2ccccc2[C@H]1c1ccccc1.[Li+]. The molecule has 0 radical (unpaired) electrons. The second-order valence-corrected chi connectivity index (χ2v) is 6.07. The summed E-state index contributed by atoms with van der Waals surface area (Å²) in [6.45, 7) is 1.15. The number of carboxylic acids is 1. The van der Waals surface area contributed by atoms with Gasteiger partial charge in [-0.2, -0.15) is 0 Å². The molecule has 0 aliphatic carbocycles. The summed E-state index contributed by atoms with van der Waals surface area (Å²) in [5.74, 6) is 0.253. The first-order valence-electron chi connectivity index (χ1n) is 7.80. The van der Waals surface area contributed by atoms with E-state index < -0.39 is 5.97 Å². The molecule has 4 nitrogen and oxygen atoms in total. The molecule has 5 heteroatoms. The number of aliphatic carboxylic acids is 1. The van der Waals surface area contributed by atoms with Gasteiger partial charge in [0.2, 0.25) is 0 Å². The molecule has 1 aliphatic heterocycles. The van der Waals surface area contributed by atoms with Gasteiger partial charge in [0.15, 0.2) is 0 Å². The van der Waals surface area contributed by atoms with Crippen LogP contribution in [0.2, 0.25) is 0 Å². The average Bonchev–Trinajstić information content (AvgIpc) is 2.54. The smallest absolute Gasteiger partial charge is 0.549 e. The fourth-order valence-corrected chi connectivity index (χ4v) is 3.37. The summed E-state index contributed by atoms with van der Waals surface area (Å²) in [7, 11) is 1.80. The zero-order chi connectivity index (χ0) is 16.2. The Balaban J connectivity index is 0.00000208. The molecular weight excluding hydrogens is 297 g/mol. The van der Waals surface area contributed by atoms with Crippen molar-refractivity contribution in [2.45, 2.75) is 5.92 Å². The van der Waals surface area contributed by atoms with Crippen molar-refractivity contribution in [1.82, 2.24) is 4.90 Å². The molecule has 120 valence electrons. The van der Waals surface area contributed by atoms with Crippen molar-refractivity contribution >= 4 is 5.97 Å². The van der Waals surface area contributed by atoms with Crippen LogP contribution in [0.25, 0.3) is 0 Å². The zero-order valence-electron chi connectivity index (χ0n) is 14.1. The summed E-state index contributed by atoms with van der Waals surface area (Å²) in [6, 6.07) is 18.4. The number of para-hydroxylation sites is 1. The van der Waals surface area contributed by atoms with Crippen LogP contribution in [0.5, 0.6) is 5.75 Å². The standard InChI is InChI=1S/C19H21NO3.Li/c1-20(12-18(21)22)11-15-13-23-17-10-6-5-9-16(17)19(15)14-7-3-2-4-8-14;/h2-10,15,19H,11-13H2,1H3,(H,21,22);/q;+1/p-1/t15-,19-;/m0./s1. The zero-order valence-corrected chi connectivity index (χ0v) is 14.1. The van der Waals surface area contributed by atoms with Gasteiger partial charge in [-0.1, -0.05) is 48.5 Å². The second kappa shape index (κ2) is 8.39. The van der Waals surface area contributed by atoms with E-state index in [0.29, 0.717) is 13.2 Å². The summed E-state index contributed by atoms with van der Waals surface area (Å²) in [4.78, 5) is 12.6. The third-order valence-electron chi connectivity index (χ3n) is 4.28. The number of hydrogen-bond acceptors (Lipinski definition) is 4. The molecule has 0 bridgehead atoms. The van der Waals surface area contributed by atoms with Gasteiger partial charge in [0.1, 0.15) is 5.75 Å². The quantitative estimate of drug-likeness (QED) is 0.631. The van der Waals surface area contributed by atoms with Crippen LogP contribution in [0.1, 0.15) is 17.0 Å². The minimum atomic E-state index is -1.05. The minimum Gasteiger partial charge on any atom is -0.549 e. The Bertz CT molecular complexity index is 677. The fraction of sp³-hybridized carbons (Fsp3) is 0.316. The van der Waals surface area contributed by atoms with Crippen LogP contribution in [-0.2, 0) is 4.79 Å². The normalized spacial score (nSPS) is 19.1. The summed E-state index contributed by atoms with van der Waals surface area (Å²) in [5, 5.41) is 10.8. The van der Waals surface area contributed by atoms with Crippen LogP contribution in [0.15, 0.2) is 54.6 Å². The molecule has 0 unspecified atom stereocenters. The second-order valence-electron chi connectivity index (χ2n) is 6.07. The number of carboxylic acid groups (broad SMARTS) is 1. The average molecular weight is 317 g/mol. The molecule has 0 amide bonds. The van der Waals surface area contributed by atoms with E-state index in [1.54, 1.807) is 11.9 Å². The molecule has 0 saturated carbocycles. The van der Waals surface area contributed by atoms with Crippen LogP contribution in [-0.4, -0.2) is 37.6 Å². The van der Waals surface area contributed by atoms with Gasteiger partial charge in [-0.25, -0.2) is 0 Å². The first-order chi connectivity index (χ1) is 11.1. The van der Waals surface area contributed by atoms with E-state index in [1.165, 1.54) is 5.56 Å². The Morgan fingerprint density at radius 2 is 1.83 bits per heavy atom. The molecule has 0 N–H and O–H groups in total. The maximum atomic E-state index is 10.8. The minimum absolute atomic E-state index is 0. The van der Waals surface area contributed by atoms with Crippen molar-refractivity contribution in [2.24, 2.45) is 5.92 Å². The van der Waals surface area contributed by atoms with Gasteiger partial charge in [-0.15, -0.1) is 0 Å². The molecule has 0 spiro atoms. The molecule has 2 aromatic carbocycles. The first kappa shape index (κ1) is 18.6. The number of hydrogen-bond donors (Lipinski definition) is 0. The predicted octanol–water partition coefficient (Wildman–Crippen LogP) is -1.49. The van der Waals surface area contributed by atoms with Gasteiger partial charge >= 0.3 is 18.9 Å². The summed E-state index contributed by atoms with van der Waals surface area (Å²) in [6.07, 6.45) is 0. The maximum Gasteiger partial charge on any atom is 1.00 e. The number of likely N-dealkylation sites (N-methyl/N-ethyl adjacent to an activating group) is 1. The number of carbonyl (C=O) groups is 1. The summed E-state index contributed by atoms with van der Waals surface area (Å²) < 4.78 is 5.90. The van der Waals surface area contributed by atoms with E-state index in [0.717, 1.165) is 11.3 Å². The van der Waals surface area contributed by atoms with Gasteiger partial charge < -0.3 is 19.5 Å². The van der Waals surface area contributed by atoms with Crippen molar-refractivity contribution in [2.75, 3.05) is 26.7 Å². The van der Waals surface area contributed by atoms with Crippen molar-refractivity contribution in [3.05, 3.63) is 65.7 Å². The van der Waals surface area contributed by atoms with Crippen LogP contribution < -0.4 is 28.7 Å². The molecule has 0 fully saturated rings. The molecule has 2 aromatic rings. The number of carbonyl (C=O) groups excluding carboxylic acids is 1. The van der Waals surface area contributed by atoms with Gasteiger partial charge in [0.25, 0.3) is 0 Å². The maximum absolute atomic E-state index is 10.8. The van der Waals surface area contributed by atoms with Crippen LogP contribution in [0, 0.1) is 5.92 Å². The van der Waals surface area contributed by atoms with Crippen molar-refractivity contribution in [1.29, 1.82) is 0 Å². The Labute approximate surface area is 154 Å². The first-order valence-corrected chi connectivity index (χ1v) is 7.80. The third-order valence-corrected chi connectivity index (χ3v) is 4.28. The number of benzene rings is 2. The van der Waals surface area contributed by atoms with Gasteiger partial charge in [0.05, 0.1) is 12.6 Å². The Kier molecular flexibility index (Phi) is 6.50. The Morgan fingerprint density at radius 3 is 2.54 bits per heavy atom. The summed E-state index contributed by atoms with van der Waals surface area (Å²) in [5.41, 5.74) is 2.40. The molecule has 3 rings (SSSR count). The van der Waals surface area contributed by atoms with E-state index >= 15 is 0 Å². The largest absolute Gasteiger partial charge is 1.00 e. The van der Waals surface area contributed by atoms with Crippen LogP contribution >= 0.6 is 0 Å². The topological polar surface area (TPSA) is 52.6 Å². The molecule has 0 aromatic heterocycles. The van der Waals surface area contributed by atoms with Crippen LogP contribution in [0.3, 0.4) is 0 Å². The fourth-order valence-electron chi connectivity index (χ4n) is 3.37. The van der Waals surface area contributed by atoms with Gasteiger partial charge in [0, 0.05) is 30.5 Å².